The summed E-state index contributed by atoms with van der Waals surface area (Å²) in [5.41, 5.74) is -0.148. The molecule has 0 spiro atoms. The Morgan fingerprint density at radius 3 is 2.80 bits per heavy atom. The molecule has 1 N–H and O–H groups in total. The van der Waals surface area contributed by atoms with E-state index in [1.807, 2.05) is 30.2 Å². The van der Waals surface area contributed by atoms with E-state index >= 15 is 0 Å². The maximum atomic E-state index is 13.1. The molecule has 1 aliphatic heterocycles. The Balaban J connectivity index is 1.72. The van der Waals surface area contributed by atoms with Crippen molar-refractivity contribution in [2.24, 2.45) is 0 Å². The van der Waals surface area contributed by atoms with Crippen LogP contribution in [0.25, 0.3) is 0 Å². The number of fused-ring (bicyclic) bond motifs is 1. The highest BCUT2D eigenvalue weighted by atomic mass is 35.5. The van der Waals surface area contributed by atoms with Crippen molar-refractivity contribution >= 4 is 23.2 Å². The summed E-state index contributed by atoms with van der Waals surface area (Å²) < 4.78 is 41.4. The van der Waals surface area contributed by atoms with Crippen molar-refractivity contribution in [1.29, 1.82) is 0 Å². The van der Waals surface area contributed by atoms with Crippen molar-refractivity contribution in [2.75, 3.05) is 18.4 Å². The lowest BCUT2D eigenvalue weighted by atomic mass is 10.1. The molecule has 1 atom stereocenters. The lowest BCUT2D eigenvalue weighted by Crippen LogP contribution is -2.41. The van der Waals surface area contributed by atoms with Gasteiger partial charge in [-0.05, 0) is 37.3 Å². The summed E-state index contributed by atoms with van der Waals surface area (Å²) in [6, 6.07) is 7.25. The Bertz CT molecular complexity index is 788. The van der Waals surface area contributed by atoms with E-state index in [9.17, 15) is 18.0 Å². The van der Waals surface area contributed by atoms with Gasteiger partial charge in [0.25, 0.3) is 0 Å². The number of halogens is 4. The molecule has 0 aliphatic carbocycles. The molecule has 4 nitrogen and oxygen atoms in total. The summed E-state index contributed by atoms with van der Waals surface area (Å²) >= 11 is 5.65. The SMILES string of the molecule is C[C@H]1c2cccn2CCN1CC(=O)Nc1ccc(Cl)cc1C(F)(F)F. The average molecular weight is 372 g/mol. The molecule has 1 amide bonds. The van der Waals surface area contributed by atoms with Gasteiger partial charge in [0, 0.05) is 36.0 Å². The van der Waals surface area contributed by atoms with Gasteiger partial charge in [-0.25, -0.2) is 0 Å². The lowest BCUT2D eigenvalue weighted by molar-refractivity contribution is -0.137. The van der Waals surface area contributed by atoms with Crippen molar-refractivity contribution < 1.29 is 18.0 Å². The van der Waals surface area contributed by atoms with Crippen LogP contribution in [0.5, 0.6) is 0 Å². The predicted octanol–water partition coefficient (Wildman–Crippen LogP) is 4.18. The molecule has 1 aromatic heterocycles. The quantitative estimate of drug-likeness (QED) is 0.879. The maximum Gasteiger partial charge on any atom is 0.418 e. The van der Waals surface area contributed by atoms with Gasteiger partial charge in [0.1, 0.15) is 0 Å². The van der Waals surface area contributed by atoms with Crippen molar-refractivity contribution in [3.8, 4) is 0 Å². The zero-order valence-corrected chi connectivity index (χ0v) is 14.2. The van der Waals surface area contributed by atoms with Crippen molar-refractivity contribution in [2.45, 2.75) is 25.7 Å². The Hall–Kier alpha value is -1.99. The van der Waals surface area contributed by atoms with Crippen LogP contribution in [-0.2, 0) is 17.5 Å². The standard InChI is InChI=1S/C17H17ClF3N3O/c1-11-15-3-2-6-23(15)7-8-24(11)10-16(25)22-14-5-4-12(18)9-13(14)17(19,20)21/h2-6,9,11H,7-8,10H2,1H3,(H,22,25)/t11-/m0/s1. The largest absolute Gasteiger partial charge is 0.418 e. The molecule has 0 fully saturated rings. The van der Waals surface area contributed by atoms with Crippen LogP contribution in [0.15, 0.2) is 36.5 Å². The van der Waals surface area contributed by atoms with E-state index in [4.69, 9.17) is 11.6 Å². The van der Waals surface area contributed by atoms with Gasteiger partial charge in [-0.2, -0.15) is 13.2 Å². The molecule has 8 heteroatoms. The Morgan fingerprint density at radius 1 is 1.32 bits per heavy atom. The highest BCUT2D eigenvalue weighted by molar-refractivity contribution is 6.30. The van der Waals surface area contributed by atoms with E-state index in [2.05, 4.69) is 9.88 Å². The smallest absolute Gasteiger partial charge is 0.349 e. The summed E-state index contributed by atoms with van der Waals surface area (Å²) in [6.45, 7) is 3.39. The van der Waals surface area contributed by atoms with Crippen LogP contribution >= 0.6 is 11.6 Å². The number of rotatable bonds is 3. The molecule has 1 aromatic carbocycles. The number of nitrogens with one attached hydrogen (secondary N) is 1. The van der Waals surface area contributed by atoms with Gasteiger partial charge in [-0.3, -0.25) is 9.69 Å². The first-order chi connectivity index (χ1) is 11.8. The highest BCUT2D eigenvalue weighted by Crippen LogP contribution is 2.36. The second kappa shape index (κ2) is 6.72. The van der Waals surface area contributed by atoms with E-state index in [0.717, 1.165) is 18.3 Å². The maximum absolute atomic E-state index is 13.1. The van der Waals surface area contributed by atoms with Crippen LogP contribution < -0.4 is 5.32 Å². The third-order valence-electron chi connectivity index (χ3n) is 4.38. The minimum Gasteiger partial charge on any atom is -0.349 e. The number of hydrogen-bond acceptors (Lipinski definition) is 2. The number of alkyl halides is 3. The number of carbonyl (C=O) groups is 1. The third-order valence-corrected chi connectivity index (χ3v) is 4.61. The molecule has 0 unspecified atom stereocenters. The van der Waals surface area contributed by atoms with Crippen molar-refractivity contribution in [1.82, 2.24) is 9.47 Å². The van der Waals surface area contributed by atoms with Crippen LogP contribution in [0.2, 0.25) is 5.02 Å². The monoisotopic (exact) mass is 371 g/mol. The molecular weight excluding hydrogens is 355 g/mol. The molecule has 0 saturated heterocycles. The molecular formula is C17H17ClF3N3O. The second-order valence-corrected chi connectivity index (χ2v) is 6.45. The van der Waals surface area contributed by atoms with E-state index in [1.54, 1.807) is 0 Å². The summed E-state index contributed by atoms with van der Waals surface area (Å²) in [5.74, 6) is -0.486. The van der Waals surface area contributed by atoms with Crippen LogP contribution in [0.4, 0.5) is 18.9 Å². The van der Waals surface area contributed by atoms with Crippen LogP contribution in [0.1, 0.15) is 24.2 Å². The summed E-state index contributed by atoms with van der Waals surface area (Å²) in [6.07, 6.45) is -2.61. The van der Waals surface area contributed by atoms with Gasteiger partial charge in [-0.15, -0.1) is 0 Å². The normalized spacial score (nSPS) is 18.0. The zero-order valence-electron chi connectivity index (χ0n) is 13.5. The second-order valence-electron chi connectivity index (χ2n) is 6.01. The lowest BCUT2D eigenvalue weighted by Gasteiger charge is -2.34. The molecule has 134 valence electrons. The first kappa shape index (κ1) is 17.8. The summed E-state index contributed by atoms with van der Waals surface area (Å²) in [5, 5.41) is 2.33. The number of anilines is 1. The number of carbonyl (C=O) groups excluding carboxylic acids is 1. The van der Waals surface area contributed by atoms with Crippen LogP contribution in [0, 0.1) is 0 Å². The van der Waals surface area contributed by atoms with Gasteiger partial charge in [0.05, 0.1) is 17.8 Å². The summed E-state index contributed by atoms with van der Waals surface area (Å²) in [7, 11) is 0. The molecule has 3 rings (SSSR count). The molecule has 0 bridgehead atoms. The van der Waals surface area contributed by atoms with Gasteiger partial charge in [0.15, 0.2) is 0 Å². The van der Waals surface area contributed by atoms with Crippen LogP contribution in [0.3, 0.4) is 0 Å². The Labute approximate surface area is 148 Å². The predicted molar refractivity (Wildman–Crippen MR) is 89.5 cm³/mol. The van der Waals surface area contributed by atoms with Gasteiger partial charge in [-0.1, -0.05) is 11.6 Å². The minimum atomic E-state index is -4.59. The summed E-state index contributed by atoms with van der Waals surface area (Å²) in [4.78, 5) is 14.2. The van der Waals surface area contributed by atoms with Gasteiger partial charge >= 0.3 is 6.18 Å². The molecule has 25 heavy (non-hydrogen) atoms. The Kier molecular flexibility index (Phi) is 4.79. The molecule has 2 aromatic rings. The van der Waals surface area contributed by atoms with E-state index < -0.39 is 17.6 Å². The third kappa shape index (κ3) is 3.82. The first-order valence-electron chi connectivity index (χ1n) is 7.81. The fraction of sp³-hybridized carbons (Fsp3) is 0.353. The highest BCUT2D eigenvalue weighted by Gasteiger charge is 2.34. The van der Waals surface area contributed by atoms with Crippen LogP contribution in [-0.4, -0.2) is 28.5 Å². The number of amides is 1. The number of benzene rings is 1. The number of nitrogens with zero attached hydrogens (tertiary/aromatic N) is 2. The average Bonchev–Trinajstić information content (AvgIpc) is 3.00. The number of hydrogen-bond donors (Lipinski definition) is 1. The molecule has 0 radical (unpaired) electrons. The van der Waals surface area contributed by atoms with E-state index in [-0.39, 0.29) is 23.3 Å². The van der Waals surface area contributed by atoms with E-state index in [0.29, 0.717) is 6.54 Å². The first-order valence-corrected chi connectivity index (χ1v) is 8.19. The molecule has 1 aliphatic rings. The Morgan fingerprint density at radius 2 is 2.08 bits per heavy atom. The van der Waals surface area contributed by atoms with Gasteiger partial charge < -0.3 is 9.88 Å². The topological polar surface area (TPSA) is 37.3 Å². The zero-order chi connectivity index (χ0) is 18.2. The van der Waals surface area contributed by atoms with E-state index in [1.165, 1.54) is 12.1 Å². The molecule has 0 saturated carbocycles. The van der Waals surface area contributed by atoms with Gasteiger partial charge in [0.2, 0.25) is 5.91 Å². The van der Waals surface area contributed by atoms with Crippen molar-refractivity contribution in [3.05, 3.63) is 52.8 Å². The fourth-order valence-electron chi connectivity index (χ4n) is 3.08. The number of aromatic nitrogens is 1. The molecule has 2 heterocycles. The van der Waals surface area contributed by atoms with Crippen molar-refractivity contribution in [3.63, 3.8) is 0 Å². The fourth-order valence-corrected chi connectivity index (χ4v) is 3.25. The minimum absolute atomic E-state index is 0.0156.